The van der Waals surface area contributed by atoms with E-state index >= 15 is 0 Å². The Balaban J connectivity index is 2.32. The Morgan fingerprint density at radius 2 is 2.06 bits per heavy atom. The van der Waals surface area contributed by atoms with Gasteiger partial charge in [0, 0.05) is 19.2 Å². The molecule has 0 unspecified atom stereocenters. The van der Waals surface area contributed by atoms with Crippen LogP contribution in [-0.2, 0) is 4.74 Å². The van der Waals surface area contributed by atoms with Gasteiger partial charge >= 0.3 is 5.97 Å². The van der Waals surface area contributed by atoms with E-state index in [1.54, 1.807) is 0 Å². The number of nitrogens with one attached hydrogen (secondary N) is 1. The summed E-state index contributed by atoms with van der Waals surface area (Å²) in [5, 5.41) is 8.84. The van der Waals surface area contributed by atoms with Crippen LogP contribution >= 0.6 is 0 Å². The lowest BCUT2D eigenvalue weighted by Gasteiger charge is -2.28. The van der Waals surface area contributed by atoms with E-state index in [2.05, 4.69) is 4.98 Å². The number of carboxylic acid groups (broad SMARTS) is 1. The molecule has 6 nitrogen and oxygen atoms in total. The van der Waals surface area contributed by atoms with Crippen molar-refractivity contribution >= 4 is 11.8 Å². The Bertz CT molecular complexity index is 448. The molecule has 0 radical (unpaired) electrons. The molecule has 2 rings (SSSR count). The third-order valence-corrected chi connectivity index (χ3v) is 2.43. The molecular formula is C10H12N2O4. The number of aromatic nitrogens is 1. The molecule has 0 atom stereocenters. The Hall–Kier alpha value is -1.82. The summed E-state index contributed by atoms with van der Waals surface area (Å²) < 4.78 is 5.18. The highest BCUT2D eigenvalue weighted by molar-refractivity contribution is 5.88. The van der Waals surface area contributed by atoms with Gasteiger partial charge in [-0.2, -0.15) is 0 Å². The number of aromatic amines is 1. The van der Waals surface area contributed by atoms with Gasteiger partial charge in [0.2, 0.25) is 5.56 Å². The molecule has 2 heterocycles. The molecule has 1 aromatic heterocycles. The first-order chi connectivity index (χ1) is 7.66. The van der Waals surface area contributed by atoms with Crippen LogP contribution in [-0.4, -0.2) is 42.4 Å². The van der Waals surface area contributed by atoms with E-state index in [1.807, 2.05) is 4.90 Å². The summed E-state index contributed by atoms with van der Waals surface area (Å²) in [6.45, 7) is 2.47. The molecule has 0 bridgehead atoms. The Morgan fingerprint density at radius 3 is 2.69 bits per heavy atom. The SMILES string of the molecule is O=C(O)c1cc(N2CCOCC2)[nH]c(=O)c1. The number of hydrogen-bond acceptors (Lipinski definition) is 4. The maximum absolute atomic E-state index is 11.3. The standard InChI is InChI=1S/C10H12N2O4/c13-9-6-7(10(14)15)5-8(11-9)12-1-3-16-4-2-12/h5-6H,1-4H2,(H,11,13)(H,14,15). The van der Waals surface area contributed by atoms with Crippen LogP contribution < -0.4 is 10.5 Å². The minimum Gasteiger partial charge on any atom is -0.478 e. The highest BCUT2D eigenvalue weighted by Crippen LogP contribution is 2.12. The monoisotopic (exact) mass is 224 g/mol. The van der Waals surface area contributed by atoms with E-state index in [9.17, 15) is 9.59 Å². The van der Waals surface area contributed by atoms with Gasteiger partial charge in [-0.1, -0.05) is 0 Å². The zero-order valence-electron chi connectivity index (χ0n) is 8.60. The third-order valence-electron chi connectivity index (χ3n) is 2.43. The second-order valence-electron chi connectivity index (χ2n) is 3.52. The topological polar surface area (TPSA) is 82.6 Å². The predicted molar refractivity (Wildman–Crippen MR) is 57.1 cm³/mol. The highest BCUT2D eigenvalue weighted by atomic mass is 16.5. The zero-order chi connectivity index (χ0) is 11.5. The first-order valence-corrected chi connectivity index (χ1v) is 4.97. The Kier molecular flexibility index (Phi) is 2.91. The van der Waals surface area contributed by atoms with Crippen LogP contribution in [0.2, 0.25) is 0 Å². The van der Waals surface area contributed by atoms with Crippen LogP contribution in [0.5, 0.6) is 0 Å². The molecule has 6 heteroatoms. The number of aromatic carboxylic acids is 1. The van der Waals surface area contributed by atoms with Crippen LogP contribution in [0.4, 0.5) is 5.82 Å². The second kappa shape index (κ2) is 4.36. The van der Waals surface area contributed by atoms with Crippen molar-refractivity contribution in [3.63, 3.8) is 0 Å². The molecule has 2 N–H and O–H groups in total. The second-order valence-corrected chi connectivity index (χ2v) is 3.52. The number of pyridine rings is 1. The molecule has 0 aliphatic carbocycles. The highest BCUT2D eigenvalue weighted by Gasteiger charge is 2.14. The van der Waals surface area contributed by atoms with Gasteiger partial charge in [-0.05, 0) is 6.07 Å². The molecule has 0 spiro atoms. The summed E-state index contributed by atoms with van der Waals surface area (Å²) >= 11 is 0. The van der Waals surface area contributed by atoms with E-state index in [1.165, 1.54) is 6.07 Å². The quantitative estimate of drug-likeness (QED) is 0.733. The third kappa shape index (κ3) is 2.22. The smallest absolute Gasteiger partial charge is 0.336 e. The van der Waals surface area contributed by atoms with Gasteiger partial charge in [0.1, 0.15) is 5.82 Å². The summed E-state index contributed by atoms with van der Waals surface area (Å²) in [5.41, 5.74) is -0.397. The normalized spacial score (nSPS) is 16.1. The van der Waals surface area contributed by atoms with Crippen molar-refractivity contribution < 1.29 is 14.6 Å². The summed E-state index contributed by atoms with van der Waals surface area (Å²) in [4.78, 5) is 26.6. The molecule has 1 fully saturated rings. The molecule has 16 heavy (non-hydrogen) atoms. The summed E-state index contributed by atoms with van der Waals surface area (Å²) in [6.07, 6.45) is 0. The fourth-order valence-electron chi connectivity index (χ4n) is 1.63. The van der Waals surface area contributed by atoms with Crippen molar-refractivity contribution in [1.82, 2.24) is 4.98 Å². The van der Waals surface area contributed by atoms with Crippen LogP contribution in [0, 0.1) is 0 Å². The van der Waals surface area contributed by atoms with Crippen LogP contribution in [0.15, 0.2) is 16.9 Å². The average molecular weight is 224 g/mol. The maximum Gasteiger partial charge on any atom is 0.336 e. The van der Waals surface area contributed by atoms with Crippen LogP contribution in [0.3, 0.4) is 0 Å². The summed E-state index contributed by atoms with van der Waals surface area (Å²) in [5.74, 6) is -0.561. The minimum absolute atomic E-state index is 0.00485. The van der Waals surface area contributed by atoms with E-state index < -0.39 is 11.5 Å². The van der Waals surface area contributed by atoms with Gasteiger partial charge in [0.05, 0.1) is 18.8 Å². The van der Waals surface area contributed by atoms with Gasteiger partial charge in [-0.25, -0.2) is 4.79 Å². The fourth-order valence-corrected chi connectivity index (χ4v) is 1.63. The van der Waals surface area contributed by atoms with Crippen molar-refractivity contribution in [2.24, 2.45) is 0 Å². The number of morpholine rings is 1. The molecule has 86 valence electrons. The first-order valence-electron chi connectivity index (χ1n) is 4.97. The van der Waals surface area contributed by atoms with Gasteiger partial charge in [0.25, 0.3) is 0 Å². The Morgan fingerprint density at radius 1 is 1.38 bits per heavy atom. The number of nitrogens with zero attached hydrogens (tertiary/aromatic N) is 1. The lowest BCUT2D eigenvalue weighted by Crippen LogP contribution is -2.37. The van der Waals surface area contributed by atoms with E-state index in [0.717, 1.165) is 6.07 Å². The van der Waals surface area contributed by atoms with Crippen molar-refractivity contribution in [2.45, 2.75) is 0 Å². The van der Waals surface area contributed by atoms with E-state index in [4.69, 9.17) is 9.84 Å². The van der Waals surface area contributed by atoms with Crippen molar-refractivity contribution in [3.05, 3.63) is 28.0 Å². The average Bonchev–Trinajstić information content (AvgIpc) is 2.29. The van der Waals surface area contributed by atoms with Crippen LogP contribution in [0.1, 0.15) is 10.4 Å². The largest absolute Gasteiger partial charge is 0.478 e. The predicted octanol–water partition coefficient (Wildman–Crippen LogP) is -0.0903. The fraction of sp³-hybridized carbons (Fsp3) is 0.400. The van der Waals surface area contributed by atoms with Gasteiger partial charge in [0.15, 0.2) is 0 Å². The molecule has 0 amide bonds. The molecule has 0 aromatic carbocycles. The van der Waals surface area contributed by atoms with Gasteiger partial charge in [-0.3, -0.25) is 4.79 Å². The van der Waals surface area contributed by atoms with Gasteiger partial charge < -0.3 is 19.7 Å². The van der Waals surface area contributed by atoms with Crippen molar-refractivity contribution in [1.29, 1.82) is 0 Å². The van der Waals surface area contributed by atoms with E-state index in [-0.39, 0.29) is 5.56 Å². The molecule has 1 aliphatic rings. The Labute approximate surface area is 91.5 Å². The minimum atomic E-state index is -1.10. The summed E-state index contributed by atoms with van der Waals surface area (Å²) in [6, 6.07) is 2.54. The first kappa shape index (κ1) is 10.7. The van der Waals surface area contributed by atoms with Crippen LogP contribution in [0.25, 0.3) is 0 Å². The maximum atomic E-state index is 11.3. The number of ether oxygens (including phenoxy) is 1. The molecular weight excluding hydrogens is 212 g/mol. The van der Waals surface area contributed by atoms with Crippen molar-refractivity contribution in [3.8, 4) is 0 Å². The number of carboxylic acids is 1. The number of H-pyrrole nitrogens is 1. The number of hydrogen-bond donors (Lipinski definition) is 2. The van der Waals surface area contributed by atoms with E-state index in [0.29, 0.717) is 32.1 Å². The molecule has 1 aromatic rings. The lowest BCUT2D eigenvalue weighted by molar-refractivity contribution is 0.0696. The molecule has 1 aliphatic heterocycles. The summed E-state index contributed by atoms with van der Waals surface area (Å²) in [7, 11) is 0. The number of anilines is 1. The van der Waals surface area contributed by atoms with Gasteiger partial charge in [-0.15, -0.1) is 0 Å². The lowest BCUT2D eigenvalue weighted by atomic mass is 10.2. The zero-order valence-corrected chi connectivity index (χ0v) is 8.60. The number of rotatable bonds is 2. The molecule has 1 saturated heterocycles. The van der Waals surface area contributed by atoms with Crippen molar-refractivity contribution in [2.75, 3.05) is 31.2 Å². The molecule has 0 saturated carbocycles. The number of carbonyl (C=O) groups is 1.